The molecule has 2 amide bonds. The van der Waals surface area contributed by atoms with Crippen LogP contribution in [0, 0.1) is 0 Å². The van der Waals surface area contributed by atoms with Crippen LogP contribution in [0.3, 0.4) is 0 Å². The second-order valence-corrected chi connectivity index (χ2v) is 7.34. The monoisotopic (exact) mass is 419 g/mol. The summed E-state index contributed by atoms with van der Waals surface area (Å²) in [5.74, 6) is 0.595. The van der Waals surface area contributed by atoms with Gasteiger partial charge in [0.2, 0.25) is 5.95 Å². The van der Waals surface area contributed by atoms with E-state index in [1.165, 1.54) is 7.11 Å². The van der Waals surface area contributed by atoms with Gasteiger partial charge in [-0.2, -0.15) is 0 Å². The molecule has 0 saturated carbocycles. The van der Waals surface area contributed by atoms with E-state index in [0.29, 0.717) is 52.8 Å². The Hall–Kier alpha value is -3.26. The van der Waals surface area contributed by atoms with Gasteiger partial charge in [0.25, 0.3) is 0 Å². The summed E-state index contributed by atoms with van der Waals surface area (Å²) in [6, 6.07) is 12.9. The van der Waals surface area contributed by atoms with E-state index in [2.05, 4.69) is 15.3 Å². The topological polar surface area (TPSA) is 93.4 Å². The van der Waals surface area contributed by atoms with Crippen molar-refractivity contribution in [3.63, 3.8) is 0 Å². The lowest BCUT2D eigenvalue weighted by molar-refractivity contribution is 0.198. The third-order valence-electron chi connectivity index (χ3n) is 4.95. The van der Waals surface area contributed by atoms with Crippen LogP contribution in [-0.2, 0) is 19.6 Å². The molecule has 0 saturated heterocycles. The number of aromatic nitrogens is 2. The molecular weight excluding hydrogens is 401 g/mol. The summed E-state index contributed by atoms with van der Waals surface area (Å²) in [6.45, 7) is 1.11. The van der Waals surface area contributed by atoms with Gasteiger partial charge in [-0.05, 0) is 17.7 Å². The second-order valence-electron chi connectivity index (χ2n) is 6.93. The third kappa shape index (κ3) is 3.91. The Balaban J connectivity index is 1.60. The third-order valence-corrected chi connectivity index (χ3v) is 5.26. The smallest absolute Gasteiger partial charge is 0.318 e. The van der Waals surface area contributed by atoms with Crippen molar-refractivity contribution in [2.45, 2.75) is 19.6 Å². The molecule has 3 aromatic rings. The Morgan fingerprint density at radius 3 is 2.77 bits per heavy atom. The first kappa shape index (κ1) is 20.0. The van der Waals surface area contributed by atoms with Crippen molar-refractivity contribution in [2.24, 2.45) is 0 Å². The number of carbonyl (C=O) groups excluding carboxylic acids is 1. The number of anilines is 1. The number of halogens is 1. The molecule has 0 spiro atoms. The lowest BCUT2D eigenvalue weighted by atomic mass is 9.92. The van der Waals surface area contributed by atoms with Crippen LogP contribution in [0.25, 0.3) is 11.3 Å². The molecule has 9 heteroatoms. The van der Waals surface area contributed by atoms with Crippen molar-refractivity contribution >= 4 is 36.9 Å². The molecule has 0 fully saturated rings. The van der Waals surface area contributed by atoms with E-state index in [0.717, 1.165) is 11.1 Å². The van der Waals surface area contributed by atoms with Crippen molar-refractivity contribution < 1.29 is 9.53 Å². The SMILES string of the molecule is [B]c1cc(Cl)c(-c2nc(N)nc3c2CN(C(=O)NCc2ccccc2)C3)cc1OC. The zero-order valence-electron chi connectivity index (χ0n) is 16.4. The van der Waals surface area contributed by atoms with Gasteiger partial charge in [0.1, 0.15) is 13.6 Å². The highest BCUT2D eigenvalue weighted by atomic mass is 35.5. The minimum atomic E-state index is -0.192. The molecule has 4 rings (SSSR count). The van der Waals surface area contributed by atoms with Gasteiger partial charge in [-0.3, -0.25) is 0 Å². The average molecular weight is 420 g/mol. The molecule has 2 aromatic carbocycles. The maximum atomic E-state index is 12.7. The molecule has 150 valence electrons. The number of urea groups is 1. The molecule has 2 heterocycles. The van der Waals surface area contributed by atoms with E-state index in [1.807, 2.05) is 30.3 Å². The minimum absolute atomic E-state index is 0.113. The van der Waals surface area contributed by atoms with Crippen molar-refractivity contribution in [3.8, 4) is 17.0 Å². The van der Waals surface area contributed by atoms with E-state index in [1.54, 1.807) is 17.0 Å². The molecule has 7 nitrogen and oxygen atoms in total. The Labute approximate surface area is 180 Å². The number of fused-ring (bicyclic) bond motifs is 1. The van der Waals surface area contributed by atoms with E-state index >= 15 is 0 Å². The van der Waals surface area contributed by atoms with Crippen LogP contribution in [0.1, 0.15) is 16.8 Å². The predicted molar refractivity (Wildman–Crippen MR) is 117 cm³/mol. The highest BCUT2D eigenvalue weighted by Crippen LogP contribution is 2.36. The zero-order valence-corrected chi connectivity index (χ0v) is 17.1. The molecule has 1 aliphatic rings. The van der Waals surface area contributed by atoms with Crippen molar-refractivity contribution in [1.82, 2.24) is 20.2 Å². The van der Waals surface area contributed by atoms with E-state index in [9.17, 15) is 4.79 Å². The van der Waals surface area contributed by atoms with Crippen LogP contribution in [0.5, 0.6) is 5.75 Å². The number of hydrogen-bond donors (Lipinski definition) is 2. The highest BCUT2D eigenvalue weighted by Gasteiger charge is 2.29. The molecular formula is C21H19BClN5O2. The lowest BCUT2D eigenvalue weighted by Gasteiger charge is -2.16. The number of nitrogens with zero attached hydrogens (tertiary/aromatic N) is 3. The van der Waals surface area contributed by atoms with Crippen molar-refractivity contribution in [3.05, 3.63) is 64.3 Å². The molecule has 0 aliphatic carbocycles. The standard InChI is InChI=1S/C21H19BClN5O2/c1-30-18-7-13(16(23)8-15(18)22)19-14-10-28(11-17(14)26-20(24)27-19)21(29)25-9-12-5-3-2-4-6-12/h2-8H,9-11H2,1H3,(H,25,29)(H2,24,26,27). The van der Waals surface area contributed by atoms with Gasteiger partial charge in [0, 0.05) is 22.7 Å². The van der Waals surface area contributed by atoms with Gasteiger partial charge >= 0.3 is 6.03 Å². The van der Waals surface area contributed by atoms with Crippen LogP contribution in [0.15, 0.2) is 42.5 Å². The molecule has 1 aliphatic heterocycles. The van der Waals surface area contributed by atoms with Crippen molar-refractivity contribution in [1.29, 1.82) is 0 Å². The summed E-state index contributed by atoms with van der Waals surface area (Å²) in [5.41, 5.74) is 10.1. The summed E-state index contributed by atoms with van der Waals surface area (Å²) in [5, 5.41) is 3.35. The summed E-state index contributed by atoms with van der Waals surface area (Å²) in [7, 11) is 7.47. The van der Waals surface area contributed by atoms with Crippen LogP contribution >= 0.6 is 11.6 Å². The number of rotatable bonds is 4. The number of nitrogens with one attached hydrogen (secondary N) is 1. The average Bonchev–Trinajstić information content (AvgIpc) is 3.16. The van der Waals surface area contributed by atoms with Crippen LogP contribution in [-0.4, -0.2) is 35.9 Å². The van der Waals surface area contributed by atoms with Gasteiger partial charge in [-0.25, -0.2) is 14.8 Å². The molecule has 1 aromatic heterocycles. The predicted octanol–water partition coefficient (Wildman–Crippen LogP) is 2.41. The molecule has 2 radical (unpaired) electrons. The fraction of sp³-hybridized carbons (Fsp3) is 0.190. The maximum Gasteiger partial charge on any atom is 0.318 e. The number of hydrogen-bond acceptors (Lipinski definition) is 5. The minimum Gasteiger partial charge on any atom is -0.497 e. The summed E-state index contributed by atoms with van der Waals surface area (Å²) >= 11 is 6.43. The number of carbonyl (C=O) groups is 1. The number of amides is 2. The van der Waals surface area contributed by atoms with Gasteiger partial charge in [-0.15, -0.1) is 0 Å². The Kier molecular flexibility index (Phi) is 5.50. The largest absolute Gasteiger partial charge is 0.497 e. The van der Waals surface area contributed by atoms with E-state index in [4.69, 9.17) is 29.9 Å². The summed E-state index contributed by atoms with van der Waals surface area (Å²) in [4.78, 5) is 23.1. The first-order valence-electron chi connectivity index (χ1n) is 9.31. The quantitative estimate of drug-likeness (QED) is 0.634. The van der Waals surface area contributed by atoms with Crippen LogP contribution in [0.2, 0.25) is 5.02 Å². The summed E-state index contributed by atoms with van der Waals surface area (Å²) < 4.78 is 5.31. The normalized spacial score (nSPS) is 12.5. The Bertz CT molecular complexity index is 1110. The Morgan fingerprint density at radius 1 is 1.27 bits per heavy atom. The highest BCUT2D eigenvalue weighted by molar-refractivity contribution is 6.39. The maximum absolute atomic E-state index is 12.7. The molecule has 0 bridgehead atoms. The van der Waals surface area contributed by atoms with E-state index in [-0.39, 0.29) is 12.0 Å². The summed E-state index contributed by atoms with van der Waals surface area (Å²) in [6.07, 6.45) is 0. The lowest BCUT2D eigenvalue weighted by Crippen LogP contribution is -2.36. The van der Waals surface area contributed by atoms with E-state index < -0.39 is 0 Å². The first-order valence-corrected chi connectivity index (χ1v) is 9.69. The van der Waals surface area contributed by atoms with Crippen LogP contribution < -0.4 is 21.3 Å². The van der Waals surface area contributed by atoms with Gasteiger partial charge in [0.15, 0.2) is 0 Å². The fourth-order valence-electron chi connectivity index (χ4n) is 3.45. The number of nitrogens with two attached hydrogens (primary N) is 1. The van der Waals surface area contributed by atoms with Crippen LogP contribution in [0.4, 0.5) is 10.7 Å². The van der Waals surface area contributed by atoms with Gasteiger partial charge < -0.3 is 20.7 Å². The van der Waals surface area contributed by atoms with Gasteiger partial charge in [-0.1, -0.05) is 47.4 Å². The zero-order chi connectivity index (χ0) is 21.3. The first-order chi connectivity index (χ1) is 14.5. The second kappa shape index (κ2) is 8.24. The van der Waals surface area contributed by atoms with Crippen molar-refractivity contribution in [2.75, 3.05) is 12.8 Å². The molecule has 0 atom stereocenters. The number of nitrogen functional groups attached to an aromatic ring is 1. The molecule has 0 unspecified atom stereocenters. The Morgan fingerprint density at radius 2 is 2.03 bits per heavy atom. The fourth-order valence-corrected chi connectivity index (χ4v) is 3.71. The number of benzene rings is 2. The number of methoxy groups -OCH3 is 1. The number of ether oxygens (including phenoxy) is 1. The molecule has 3 N–H and O–H groups in total. The van der Waals surface area contributed by atoms with Gasteiger partial charge in [0.05, 0.1) is 31.6 Å². The molecule has 30 heavy (non-hydrogen) atoms.